The third kappa shape index (κ3) is 3.39. The van der Waals surface area contributed by atoms with Crippen LogP contribution in [0.5, 0.6) is 11.6 Å². The first-order valence-corrected chi connectivity index (χ1v) is 8.49. The summed E-state index contributed by atoms with van der Waals surface area (Å²) >= 11 is 9.19. The molecule has 2 aromatic carbocycles. The van der Waals surface area contributed by atoms with Crippen LogP contribution < -0.4 is 4.74 Å². The summed E-state index contributed by atoms with van der Waals surface area (Å²) in [6, 6.07) is 12.6. The lowest BCUT2D eigenvalue weighted by Gasteiger charge is -2.09. The Kier molecular flexibility index (Phi) is 5.06. The molecule has 1 N–H and O–H groups in total. The number of halogens is 2. The molecule has 0 bridgehead atoms. The van der Waals surface area contributed by atoms with E-state index in [9.17, 15) is 10.0 Å². The van der Waals surface area contributed by atoms with Crippen molar-refractivity contribution in [2.45, 2.75) is 13.0 Å². The zero-order chi connectivity index (χ0) is 17.1. The molecule has 0 atom stereocenters. The largest absolute Gasteiger partial charge is 0.494 e. The minimum atomic E-state index is -0.121. The number of aromatic nitrogens is 1. The molecule has 3 rings (SSSR count). The number of hydrogen-bond acceptors (Lipinski definition) is 4. The Bertz CT molecular complexity index is 878. The van der Waals surface area contributed by atoms with Gasteiger partial charge in [-0.25, -0.2) is 0 Å². The molecular weight excluding hydrogens is 396 g/mol. The van der Waals surface area contributed by atoms with Crippen LogP contribution in [0.25, 0.3) is 10.9 Å². The van der Waals surface area contributed by atoms with Crippen LogP contribution in [0.1, 0.15) is 6.42 Å². The Hall–Kier alpha value is -2.05. The number of aromatic hydroxyl groups is 1. The highest BCUT2D eigenvalue weighted by molar-refractivity contribution is 9.10. The Labute approximate surface area is 151 Å². The number of nitrogens with zero attached hydrogens (tertiary/aromatic N) is 2. The molecule has 1 heterocycles. The molecule has 1 aromatic heterocycles. The van der Waals surface area contributed by atoms with Crippen molar-refractivity contribution in [1.82, 2.24) is 4.57 Å². The van der Waals surface area contributed by atoms with E-state index < -0.39 is 0 Å². The van der Waals surface area contributed by atoms with Gasteiger partial charge in [0.15, 0.2) is 5.69 Å². The molecule has 0 fully saturated rings. The van der Waals surface area contributed by atoms with Gasteiger partial charge in [-0.3, -0.25) is 0 Å². The van der Waals surface area contributed by atoms with E-state index in [1.54, 1.807) is 34.9 Å². The maximum atomic E-state index is 11.0. The van der Waals surface area contributed by atoms with Crippen LogP contribution in [-0.2, 0) is 6.54 Å². The number of nitroso groups, excluding NO2 is 1. The van der Waals surface area contributed by atoms with Crippen molar-refractivity contribution in [2.24, 2.45) is 5.18 Å². The third-order valence-corrected chi connectivity index (χ3v) is 4.42. The highest BCUT2D eigenvalue weighted by Gasteiger charge is 2.17. The van der Waals surface area contributed by atoms with E-state index in [2.05, 4.69) is 21.1 Å². The monoisotopic (exact) mass is 408 g/mol. The van der Waals surface area contributed by atoms with Crippen molar-refractivity contribution < 1.29 is 9.84 Å². The number of aryl methyl sites for hydroxylation is 1. The van der Waals surface area contributed by atoms with E-state index >= 15 is 0 Å². The van der Waals surface area contributed by atoms with Gasteiger partial charge in [-0.05, 0) is 54.1 Å². The average Bonchev–Trinajstić information content (AvgIpc) is 2.83. The molecule has 0 saturated heterocycles. The summed E-state index contributed by atoms with van der Waals surface area (Å²) in [6.07, 6.45) is 0.661. The maximum absolute atomic E-state index is 11.0. The summed E-state index contributed by atoms with van der Waals surface area (Å²) in [4.78, 5) is 11.0. The molecule has 0 amide bonds. The van der Waals surface area contributed by atoms with Crippen LogP contribution in [0.3, 0.4) is 0 Å². The lowest BCUT2D eigenvalue weighted by molar-refractivity contribution is 0.298. The smallest absolute Gasteiger partial charge is 0.222 e. The second-order valence-electron chi connectivity index (χ2n) is 5.23. The fraction of sp³-hybridized carbons (Fsp3) is 0.176. The molecule has 0 aliphatic heterocycles. The Balaban J connectivity index is 1.72. The Morgan fingerprint density at radius 1 is 1.21 bits per heavy atom. The number of rotatable bonds is 6. The normalized spacial score (nSPS) is 10.9. The lowest BCUT2D eigenvalue weighted by atomic mass is 10.2. The zero-order valence-electron chi connectivity index (χ0n) is 12.6. The first-order valence-electron chi connectivity index (χ1n) is 7.32. The molecular formula is C17H14BrClN2O3. The minimum Gasteiger partial charge on any atom is -0.494 e. The van der Waals surface area contributed by atoms with Gasteiger partial charge >= 0.3 is 0 Å². The van der Waals surface area contributed by atoms with Crippen LogP contribution in [0, 0.1) is 4.91 Å². The molecule has 0 aliphatic rings. The molecule has 0 aliphatic carbocycles. The SMILES string of the molecule is O=Nc1c(O)n(CCCOc2ccc(Cl)cc2)c2ccc(Br)cc12. The lowest BCUT2D eigenvalue weighted by Crippen LogP contribution is -2.04. The summed E-state index contributed by atoms with van der Waals surface area (Å²) in [7, 11) is 0. The second-order valence-corrected chi connectivity index (χ2v) is 6.58. The second kappa shape index (κ2) is 7.23. The molecule has 24 heavy (non-hydrogen) atoms. The van der Waals surface area contributed by atoms with Gasteiger partial charge < -0.3 is 14.4 Å². The standard InChI is InChI=1S/C17H14BrClN2O3/c18-11-2-7-15-14(10-11)16(20-23)17(22)21(15)8-1-9-24-13-5-3-12(19)4-6-13/h2-7,10,22H,1,8-9H2. The highest BCUT2D eigenvalue weighted by atomic mass is 79.9. The van der Waals surface area contributed by atoms with Gasteiger partial charge in [0, 0.05) is 21.4 Å². The molecule has 124 valence electrons. The van der Waals surface area contributed by atoms with Gasteiger partial charge in [0.2, 0.25) is 5.88 Å². The van der Waals surface area contributed by atoms with Gasteiger partial charge in [-0.2, -0.15) is 0 Å². The van der Waals surface area contributed by atoms with Crippen molar-refractivity contribution in [2.75, 3.05) is 6.61 Å². The fourth-order valence-corrected chi connectivity index (χ4v) is 3.04. The fourth-order valence-electron chi connectivity index (χ4n) is 2.56. The minimum absolute atomic E-state index is 0.0601. The Morgan fingerprint density at radius 2 is 1.96 bits per heavy atom. The van der Waals surface area contributed by atoms with Crippen LogP contribution in [0.15, 0.2) is 52.1 Å². The number of ether oxygens (including phenoxy) is 1. The molecule has 0 saturated carbocycles. The van der Waals surface area contributed by atoms with E-state index in [-0.39, 0.29) is 11.6 Å². The van der Waals surface area contributed by atoms with Crippen molar-refractivity contribution in [1.29, 1.82) is 0 Å². The number of fused-ring (bicyclic) bond motifs is 1. The van der Waals surface area contributed by atoms with E-state index in [1.165, 1.54) is 0 Å². The number of hydrogen-bond donors (Lipinski definition) is 1. The first kappa shape index (κ1) is 16.8. The van der Waals surface area contributed by atoms with Gasteiger partial charge in [-0.1, -0.05) is 27.5 Å². The third-order valence-electron chi connectivity index (χ3n) is 3.67. The average molecular weight is 410 g/mol. The van der Waals surface area contributed by atoms with Crippen LogP contribution in [0.2, 0.25) is 5.02 Å². The zero-order valence-corrected chi connectivity index (χ0v) is 14.9. The van der Waals surface area contributed by atoms with Crippen molar-refractivity contribution in [3.63, 3.8) is 0 Å². The van der Waals surface area contributed by atoms with Crippen molar-refractivity contribution >= 4 is 44.1 Å². The van der Waals surface area contributed by atoms with E-state index in [1.807, 2.05) is 12.1 Å². The van der Waals surface area contributed by atoms with Crippen LogP contribution >= 0.6 is 27.5 Å². The summed E-state index contributed by atoms with van der Waals surface area (Å²) in [5, 5.41) is 14.5. The maximum Gasteiger partial charge on any atom is 0.222 e. The predicted octanol–water partition coefficient (Wildman–Crippen LogP) is 5.63. The van der Waals surface area contributed by atoms with Gasteiger partial charge in [0.05, 0.1) is 12.1 Å². The van der Waals surface area contributed by atoms with E-state index in [0.717, 1.165) is 15.7 Å². The molecule has 7 heteroatoms. The first-order chi connectivity index (χ1) is 11.6. The molecule has 0 spiro atoms. The summed E-state index contributed by atoms with van der Waals surface area (Å²) < 4.78 is 8.13. The van der Waals surface area contributed by atoms with Gasteiger partial charge in [0.25, 0.3) is 0 Å². The number of benzene rings is 2. The van der Waals surface area contributed by atoms with Crippen molar-refractivity contribution in [3.05, 3.63) is 56.9 Å². The topological polar surface area (TPSA) is 63.8 Å². The molecule has 0 radical (unpaired) electrons. The summed E-state index contributed by atoms with van der Waals surface area (Å²) in [6.45, 7) is 0.980. The van der Waals surface area contributed by atoms with Gasteiger partial charge in [0.1, 0.15) is 5.75 Å². The highest BCUT2D eigenvalue weighted by Crippen LogP contribution is 2.39. The Morgan fingerprint density at radius 3 is 2.67 bits per heavy atom. The quantitative estimate of drug-likeness (QED) is 0.424. The van der Waals surface area contributed by atoms with Crippen molar-refractivity contribution in [3.8, 4) is 11.6 Å². The van der Waals surface area contributed by atoms with Crippen LogP contribution in [0.4, 0.5) is 5.69 Å². The summed E-state index contributed by atoms with van der Waals surface area (Å²) in [5.74, 6) is 0.616. The molecule has 0 unspecified atom stereocenters. The van der Waals surface area contributed by atoms with Gasteiger partial charge in [-0.15, -0.1) is 4.91 Å². The molecule has 5 nitrogen and oxygen atoms in total. The summed E-state index contributed by atoms with van der Waals surface area (Å²) in [5.41, 5.74) is 0.821. The van der Waals surface area contributed by atoms with Crippen LogP contribution in [-0.4, -0.2) is 16.3 Å². The predicted molar refractivity (Wildman–Crippen MR) is 98.3 cm³/mol. The van der Waals surface area contributed by atoms with E-state index in [4.69, 9.17) is 16.3 Å². The molecule has 3 aromatic rings. The van der Waals surface area contributed by atoms with E-state index in [0.29, 0.717) is 30.0 Å².